The van der Waals surface area contributed by atoms with Crippen molar-refractivity contribution < 1.29 is 14.6 Å². The second-order valence-electron chi connectivity index (χ2n) is 7.42. The third-order valence-corrected chi connectivity index (χ3v) is 4.30. The molecule has 0 aliphatic carbocycles. The normalized spacial score (nSPS) is 19.0. The summed E-state index contributed by atoms with van der Waals surface area (Å²) in [5.74, 6) is -0.0355. The van der Waals surface area contributed by atoms with Crippen LogP contribution in [0.15, 0.2) is 42.6 Å². The van der Waals surface area contributed by atoms with Crippen LogP contribution in [0.3, 0.4) is 0 Å². The smallest absolute Gasteiger partial charge is 0.410 e. The molecule has 1 saturated heterocycles. The van der Waals surface area contributed by atoms with Crippen molar-refractivity contribution in [1.82, 2.24) is 14.7 Å². The largest absolute Gasteiger partial charge is 0.444 e. The minimum atomic E-state index is -0.685. The Bertz CT molecular complexity index is 721. The Morgan fingerprint density at radius 3 is 2.68 bits per heavy atom. The molecule has 6 heteroatoms. The highest BCUT2D eigenvalue weighted by molar-refractivity contribution is 5.68. The SMILES string of the molecule is CC(C)(C)OC(=O)N1CCC(C(O)c2ccnn2-c2ccccc2)C1. The van der Waals surface area contributed by atoms with Gasteiger partial charge in [-0.25, -0.2) is 9.48 Å². The number of aliphatic hydroxyl groups is 1. The van der Waals surface area contributed by atoms with Crippen LogP contribution in [0.2, 0.25) is 0 Å². The lowest BCUT2D eigenvalue weighted by Crippen LogP contribution is -2.35. The van der Waals surface area contributed by atoms with Crippen molar-refractivity contribution in [1.29, 1.82) is 0 Å². The molecule has 0 saturated carbocycles. The number of carbonyl (C=O) groups excluding carboxylic acids is 1. The molecule has 1 aliphatic rings. The van der Waals surface area contributed by atoms with Crippen LogP contribution in [0.25, 0.3) is 5.69 Å². The van der Waals surface area contributed by atoms with Crippen LogP contribution in [0, 0.1) is 5.92 Å². The standard InChI is InChI=1S/C19H25N3O3/c1-19(2,3)25-18(24)21-12-10-14(13-21)17(23)16-9-11-20-22(16)15-7-5-4-6-8-15/h4-9,11,14,17,23H,10,12-13H2,1-3H3. The van der Waals surface area contributed by atoms with E-state index in [0.29, 0.717) is 13.1 Å². The summed E-state index contributed by atoms with van der Waals surface area (Å²) in [6.45, 7) is 6.63. The summed E-state index contributed by atoms with van der Waals surface area (Å²) in [6.07, 6.45) is 1.42. The minimum Gasteiger partial charge on any atom is -0.444 e. The van der Waals surface area contributed by atoms with Gasteiger partial charge in [0.05, 0.1) is 11.4 Å². The maximum absolute atomic E-state index is 12.2. The van der Waals surface area contributed by atoms with Crippen LogP contribution in [-0.2, 0) is 4.74 Å². The third kappa shape index (κ3) is 4.02. The molecule has 1 aliphatic heterocycles. The number of rotatable bonds is 3. The Hall–Kier alpha value is -2.34. The van der Waals surface area contributed by atoms with E-state index in [1.165, 1.54) is 0 Å². The Morgan fingerprint density at radius 2 is 2.00 bits per heavy atom. The molecule has 134 valence electrons. The number of aliphatic hydroxyl groups excluding tert-OH is 1. The van der Waals surface area contributed by atoms with Gasteiger partial charge in [0.2, 0.25) is 0 Å². The predicted octanol–water partition coefficient (Wildman–Crippen LogP) is 3.16. The number of aromatic nitrogens is 2. The fourth-order valence-corrected chi connectivity index (χ4v) is 3.10. The van der Waals surface area contributed by atoms with E-state index in [1.807, 2.05) is 57.2 Å². The lowest BCUT2D eigenvalue weighted by molar-refractivity contribution is 0.0266. The molecule has 6 nitrogen and oxygen atoms in total. The first kappa shape index (κ1) is 17.5. The Labute approximate surface area is 148 Å². The molecule has 0 spiro atoms. The topological polar surface area (TPSA) is 67.6 Å². The zero-order chi connectivity index (χ0) is 18.0. The molecular weight excluding hydrogens is 318 g/mol. The molecule has 1 amide bonds. The van der Waals surface area contributed by atoms with E-state index in [2.05, 4.69) is 5.10 Å². The van der Waals surface area contributed by atoms with E-state index in [4.69, 9.17) is 4.74 Å². The van der Waals surface area contributed by atoms with Crippen molar-refractivity contribution in [3.8, 4) is 5.69 Å². The van der Waals surface area contributed by atoms with E-state index in [9.17, 15) is 9.90 Å². The first-order chi connectivity index (χ1) is 11.8. The number of likely N-dealkylation sites (tertiary alicyclic amines) is 1. The van der Waals surface area contributed by atoms with Gasteiger partial charge >= 0.3 is 6.09 Å². The summed E-state index contributed by atoms with van der Waals surface area (Å²) in [4.78, 5) is 13.9. The number of benzene rings is 1. The summed E-state index contributed by atoms with van der Waals surface area (Å²) in [7, 11) is 0. The van der Waals surface area contributed by atoms with Crippen molar-refractivity contribution >= 4 is 6.09 Å². The highest BCUT2D eigenvalue weighted by Gasteiger charge is 2.35. The monoisotopic (exact) mass is 343 g/mol. The molecule has 2 unspecified atom stereocenters. The molecule has 0 radical (unpaired) electrons. The van der Waals surface area contributed by atoms with Crippen molar-refractivity contribution in [2.75, 3.05) is 13.1 Å². The van der Waals surface area contributed by atoms with Gasteiger partial charge in [0.25, 0.3) is 0 Å². The van der Waals surface area contributed by atoms with Crippen molar-refractivity contribution in [2.24, 2.45) is 5.92 Å². The molecule has 25 heavy (non-hydrogen) atoms. The fraction of sp³-hybridized carbons (Fsp3) is 0.474. The first-order valence-electron chi connectivity index (χ1n) is 8.60. The number of hydrogen-bond acceptors (Lipinski definition) is 4. The molecule has 1 aromatic heterocycles. The number of para-hydroxylation sites is 1. The van der Waals surface area contributed by atoms with Gasteiger partial charge in [0.15, 0.2) is 0 Å². The second-order valence-corrected chi connectivity index (χ2v) is 7.42. The third-order valence-electron chi connectivity index (χ3n) is 4.30. The zero-order valence-electron chi connectivity index (χ0n) is 14.9. The van der Waals surface area contributed by atoms with E-state index in [0.717, 1.165) is 17.8 Å². The Balaban J connectivity index is 1.70. The van der Waals surface area contributed by atoms with E-state index >= 15 is 0 Å². The second kappa shape index (κ2) is 6.88. The summed E-state index contributed by atoms with van der Waals surface area (Å²) in [5.41, 5.74) is 1.13. The lowest BCUT2D eigenvalue weighted by Gasteiger charge is -2.25. The molecule has 1 fully saturated rings. The van der Waals surface area contributed by atoms with Gasteiger partial charge in [-0.05, 0) is 45.4 Å². The number of amides is 1. The highest BCUT2D eigenvalue weighted by atomic mass is 16.6. The highest BCUT2D eigenvalue weighted by Crippen LogP contribution is 2.31. The molecule has 2 heterocycles. The average molecular weight is 343 g/mol. The predicted molar refractivity (Wildman–Crippen MR) is 94.4 cm³/mol. The van der Waals surface area contributed by atoms with Crippen LogP contribution >= 0.6 is 0 Å². The molecule has 1 aromatic carbocycles. The van der Waals surface area contributed by atoms with Gasteiger partial charge in [-0.15, -0.1) is 0 Å². The summed E-state index contributed by atoms with van der Waals surface area (Å²) >= 11 is 0. The van der Waals surface area contributed by atoms with Crippen molar-refractivity contribution in [2.45, 2.75) is 38.9 Å². The average Bonchev–Trinajstić information content (AvgIpc) is 3.23. The Morgan fingerprint density at radius 1 is 1.28 bits per heavy atom. The van der Waals surface area contributed by atoms with Crippen LogP contribution < -0.4 is 0 Å². The van der Waals surface area contributed by atoms with E-state index in [-0.39, 0.29) is 12.0 Å². The Kier molecular flexibility index (Phi) is 4.81. The zero-order valence-corrected chi connectivity index (χ0v) is 14.9. The van der Waals surface area contributed by atoms with Crippen LogP contribution in [0.5, 0.6) is 0 Å². The van der Waals surface area contributed by atoms with Crippen molar-refractivity contribution in [3.05, 3.63) is 48.3 Å². The number of carbonyl (C=O) groups is 1. The number of hydrogen-bond donors (Lipinski definition) is 1. The van der Waals surface area contributed by atoms with Gasteiger partial charge in [0, 0.05) is 25.2 Å². The lowest BCUT2D eigenvalue weighted by atomic mass is 9.99. The molecule has 0 bridgehead atoms. The summed E-state index contributed by atoms with van der Waals surface area (Å²) in [6, 6.07) is 11.5. The maximum atomic E-state index is 12.2. The van der Waals surface area contributed by atoms with E-state index in [1.54, 1.807) is 15.8 Å². The molecule has 2 atom stereocenters. The summed E-state index contributed by atoms with van der Waals surface area (Å²) < 4.78 is 7.17. The number of ether oxygens (including phenoxy) is 1. The summed E-state index contributed by atoms with van der Waals surface area (Å²) in [5, 5.41) is 15.2. The van der Waals surface area contributed by atoms with Crippen LogP contribution in [0.1, 0.15) is 39.0 Å². The van der Waals surface area contributed by atoms with Gasteiger partial charge in [-0.2, -0.15) is 5.10 Å². The quantitative estimate of drug-likeness (QED) is 0.929. The molecule has 2 aromatic rings. The van der Waals surface area contributed by atoms with Gasteiger partial charge < -0.3 is 14.7 Å². The minimum absolute atomic E-state index is 0.0355. The fourth-order valence-electron chi connectivity index (χ4n) is 3.10. The maximum Gasteiger partial charge on any atom is 0.410 e. The first-order valence-corrected chi connectivity index (χ1v) is 8.60. The van der Waals surface area contributed by atoms with Crippen LogP contribution in [0.4, 0.5) is 4.79 Å². The van der Waals surface area contributed by atoms with Gasteiger partial charge in [0.1, 0.15) is 11.7 Å². The van der Waals surface area contributed by atoms with Gasteiger partial charge in [-0.1, -0.05) is 18.2 Å². The van der Waals surface area contributed by atoms with E-state index < -0.39 is 11.7 Å². The molecule has 1 N–H and O–H groups in total. The van der Waals surface area contributed by atoms with Gasteiger partial charge in [-0.3, -0.25) is 0 Å². The molecule has 3 rings (SSSR count). The van der Waals surface area contributed by atoms with Crippen molar-refractivity contribution in [3.63, 3.8) is 0 Å². The number of nitrogens with zero attached hydrogens (tertiary/aromatic N) is 3. The molecular formula is C19H25N3O3. The van der Waals surface area contributed by atoms with Crippen LogP contribution in [-0.4, -0.2) is 44.6 Å².